The van der Waals surface area contributed by atoms with Gasteiger partial charge in [-0.25, -0.2) is 14.2 Å². The van der Waals surface area contributed by atoms with Gasteiger partial charge in [-0.15, -0.1) is 0 Å². The number of halogens is 1. The van der Waals surface area contributed by atoms with Crippen LogP contribution in [0.5, 0.6) is 11.6 Å². The van der Waals surface area contributed by atoms with Gasteiger partial charge in [0.2, 0.25) is 5.88 Å². The van der Waals surface area contributed by atoms with E-state index in [4.69, 9.17) is 9.15 Å². The molecule has 1 aliphatic rings. The van der Waals surface area contributed by atoms with Gasteiger partial charge in [-0.3, -0.25) is 4.90 Å². The maximum absolute atomic E-state index is 13.3. The van der Waals surface area contributed by atoms with Crippen molar-refractivity contribution in [2.24, 2.45) is 0 Å². The molecule has 5 aromatic rings. The van der Waals surface area contributed by atoms with Crippen molar-refractivity contribution >= 4 is 27.7 Å². The van der Waals surface area contributed by atoms with E-state index in [-0.39, 0.29) is 23.7 Å². The van der Waals surface area contributed by atoms with Crippen LogP contribution in [0.1, 0.15) is 33.1 Å². The second-order valence-corrected chi connectivity index (χ2v) is 10.1. The maximum Gasteiger partial charge on any atom is 0.339 e. The fourth-order valence-corrected chi connectivity index (χ4v) is 5.45. The average molecular weight is 542 g/mol. The molecule has 0 spiro atoms. The molecule has 1 fully saturated rings. The highest BCUT2D eigenvalue weighted by Crippen LogP contribution is 2.46. The van der Waals surface area contributed by atoms with Crippen molar-refractivity contribution in [3.05, 3.63) is 101 Å². The lowest BCUT2D eigenvalue weighted by molar-refractivity contribution is 0.0697. The van der Waals surface area contributed by atoms with Crippen LogP contribution in [0.4, 0.5) is 4.39 Å². The normalized spacial score (nSPS) is 15.4. The number of nitrogens with zero attached hydrogens (tertiary/aromatic N) is 3. The first kappa shape index (κ1) is 25.8. The monoisotopic (exact) mass is 541 g/mol. The summed E-state index contributed by atoms with van der Waals surface area (Å²) in [6.07, 6.45) is 2.88. The molecule has 8 nitrogen and oxygen atoms in total. The zero-order valence-electron chi connectivity index (χ0n) is 21.9. The topological polar surface area (TPSA) is 99.3 Å². The first-order valence-corrected chi connectivity index (χ1v) is 13.0. The number of aromatic hydroxyl groups is 1. The molecule has 1 unspecified atom stereocenters. The fourth-order valence-electron chi connectivity index (χ4n) is 5.45. The number of aromatic nitrogens is 1. The minimum Gasteiger partial charge on any atom is -0.507 e. The Morgan fingerprint density at radius 3 is 2.52 bits per heavy atom. The lowest BCUT2D eigenvalue weighted by Crippen LogP contribution is -2.46. The number of hydrogen-bond acceptors (Lipinski definition) is 7. The number of carboxylic acid groups (broad SMARTS) is 1. The number of pyridine rings is 1. The summed E-state index contributed by atoms with van der Waals surface area (Å²) >= 11 is 0. The highest BCUT2D eigenvalue weighted by atomic mass is 19.1. The fraction of sp³-hybridized carbons (Fsp3) is 0.226. The Labute approximate surface area is 229 Å². The number of phenolic OH excluding ortho intramolecular Hbond substituents is 1. The van der Waals surface area contributed by atoms with Gasteiger partial charge in [0.1, 0.15) is 35.6 Å². The molecular formula is C31H28FN3O5. The van der Waals surface area contributed by atoms with Gasteiger partial charge in [0.25, 0.3) is 0 Å². The molecule has 3 heterocycles. The van der Waals surface area contributed by atoms with E-state index in [0.29, 0.717) is 46.3 Å². The molecule has 2 N–H and O–H groups in total. The van der Waals surface area contributed by atoms with Crippen LogP contribution in [-0.4, -0.2) is 64.2 Å². The number of furan rings is 1. The van der Waals surface area contributed by atoms with Gasteiger partial charge in [-0.05, 0) is 36.4 Å². The van der Waals surface area contributed by atoms with E-state index in [2.05, 4.69) is 21.8 Å². The lowest BCUT2D eigenvalue weighted by Gasteiger charge is -2.39. The zero-order valence-corrected chi connectivity index (χ0v) is 21.9. The van der Waals surface area contributed by atoms with Crippen LogP contribution in [0.25, 0.3) is 21.7 Å². The van der Waals surface area contributed by atoms with Crippen molar-refractivity contribution in [2.45, 2.75) is 12.6 Å². The summed E-state index contributed by atoms with van der Waals surface area (Å²) in [7, 11) is 2.06. The van der Waals surface area contributed by atoms with Crippen LogP contribution < -0.4 is 4.74 Å². The van der Waals surface area contributed by atoms with Crippen molar-refractivity contribution in [1.29, 1.82) is 0 Å². The first-order chi connectivity index (χ1) is 19.4. The summed E-state index contributed by atoms with van der Waals surface area (Å²) in [5.74, 6) is -1.07. The average Bonchev–Trinajstić information content (AvgIpc) is 3.41. The number of carbonyl (C=O) groups is 1. The van der Waals surface area contributed by atoms with Crippen LogP contribution in [0.15, 0.2) is 77.5 Å². The summed E-state index contributed by atoms with van der Waals surface area (Å²) in [6.45, 7) is 3.22. The Bertz CT molecular complexity index is 1690. The van der Waals surface area contributed by atoms with Gasteiger partial charge < -0.3 is 24.3 Å². The Balaban J connectivity index is 1.51. The van der Waals surface area contributed by atoms with Gasteiger partial charge in [-0.1, -0.05) is 36.4 Å². The minimum absolute atomic E-state index is 0.00739. The molecular weight excluding hydrogens is 513 g/mol. The van der Waals surface area contributed by atoms with Crippen LogP contribution in [0.2, 0.25) is 0 Å². The predicted octanol–water partition coefficient (Wildman–Crippen LogP) is 5.44. The van der Waals surface area contributed by atoms with Crippen LogP contribution in [0, 0.1) is 5.82 Å². The van der Waals surface area contributed by atoms with E-state index < -0.39 is 12.0 Å². The smallest absolute Gasteiger partial charge is 0.339 e. The molecule has 204 valence electrons. The molecule has 0 aliphatic carbocycles. The SMILES string of the molecule is CN1CCN(C(c2ccnc(OCc3ccc(F)cc3)c2)c2c(O)c3ccccc3c3occ(C(=O)O)c23)CC1. The van der Waals surface area contributed by atoms with Crippen molar-refractivity contribution in [2.75, 3.05) is 33.2 Å². The van der Waals surface area contributed by atoms with Crippen molar-refractivity contribution in [3.8, 4) is 11.6 Å². The molecule has 3 aromatic carbocycles. The van der Waals surface area contributed by atoms with Gasteiger partial charge in [0.15, 0.2) is 0 Å². The quantitative estimate of drug-likeness (QED) is 0.281. The number of carboxylic acids is 1. The second-order valence-electron chi connectivity index (χ2n) is 10.1. The van der Waals surface area contributed by atoms with Crippen LogP contribution in [0.3, 0.4) is 0 Å². The standard InChI is InChI=1S/C31H28FN3O5/c1-34-12-14-35(15-13-34)28(20-10-11-33-25(16-20)39-17-19-6-8-21(32)9-7-19)27-26-24(31(37)38)18-40-30(26)23-5-3-2-4-22(23)29(27)36/h2-11,16,18,28,36H,12-15,17H2,1H3,(H,37,38). The van der Waals surface area contributed by atoms with Crippen LogP contribution >= 0.6 is 0 Å². The number of rotatable bonds is 7. The third kappa shape index (κ3) is 4.74. The third-order valence-corrected chi connectivity index (χ3v) is 7.52. The molecule has 0 bridgehead atoms. The van der Waals surface area contributed by atoms with Gasteiger partial charge in [-0.2, -0.15) is 0 Å². The minimum atomic E-state index is -1.13. The molecule has 40 heavy (non-hydrogen) atoms. The largest absolute Gasteiger partial charge is 0.507 e. The van der Waals surface area contributed by atoms with Crippen molar-refractivity contribution in [1.82, 2.24) is 14.8 Å². The molecule has 2 aromatic heterocycles. The third-order valence-electron chi connectivity index (χ3n) is 7.52. The molecule has 1 aliphatic heterocycles. The van der Waals surface area contributed by atoms with Crippen molar-refractivity contribution < 1.29 is 28.6 Å². The van der Waals surface area contributed by atoms with Crippen molar-refractivity contribution in [3.63, 3.8) is 0 Å². The van der Waals surface area contributed by atoms with E-state index in [1.54, 1.807) is 24.4 Å². The highest BCUT2D eigenvalue weighted by Gasteiger charge is 2.33. The lowest BCUT2D eigenvalue weighted by atomic mass is 9.89. The number of fused-ring (bicyclic) bond motifs is 3. The number of benzene rings is 3. The summed E-state index contributed by atoms with van der Waals surface area (Å²) in [4.78, 5) is 21.2. The Hall–Kier alpha value is -4.47. The molecule has 9 heteroatoms. The Morgan fingerprint density at radius 2 is 1.80 bits per heavy atom. The number of likely N-dealkylation sites (N-methyl/N-ethyl adjacent to an activating group) is 1. The molecule has 6 rings (SSSR count). The zero-order chi connectivity index (χ0) is 27.8. The van der Waals surface area contributed by atoms with Gasteiger partial charge in [0.05, 0.1) is 6.04 Å². The number of aromatic carboxylic acids is 1. The Morgan fingerprint density at radius 1 is 1.07 bits per heavy atom. The summed E-state index contributed by atoms with van der Waals surface area (Å²) in [5.41, 5.74) is 2.47. The first-order valence-electron chi connectivity index (χ1n) is 13.0. The van der Waals surface area contributed by atoms with Gasteiger partial charge in [0, 0.05) is 60.2 Å². The maximum atomic E-state index is 13.3. The molecule has 1 saturated heterocycles. The summed E-state index contributed by atoms with van der Waals surface area (Å²) in [5, 5.41) is 23.5. The number of phenols is 1. The van der Waals surface area contributed by atoms with Gasteiger partial charge >= 0.3 is 5.97 Å². The Kier molecular flexibility index (Phi) is 6.83. The summed E-state index contributed by atoms with van der Waals surface area (Å²) in [6, 6.07) is 16.5. The van der Waals surface area contributed by atoms with E-state index in [1.807, 2.05) is 30.3 Å². The highest BCUT2D eigenvalue weighted by molar-refractivity contribution is 6.15. The molecule has 0 radical (unpaired) electrons. The number of hydrogen-bond donors (Lipinski definition) is 2. The number of ether oxygens (including phenoxy) is 1. The summed E-state index contributed by atoms with van der Waals surface area (Å²) < 4.78 is 25.1. The predicted molar refractivity (Wildman–Crippen MR) is 148 cm³/mol. The molecule has 1 atom stereocenters. The van der Waals surface area contributed by atoms with Crippen LogP contribution in [-0.2, 0) is 6.61 Å². The number of piperazine rings is 1. The molecule has 0 saturated carbocycles. The second kappa shape index (κ2) is 10.6. The van der Waals surface area contributed by atoms with E-state index in [9.17, 15) is 19.4 Å². The van der Waals surface area contributed by atoms with E-state index in [0.717, 1.165) is 24.2 Å². The molecule has 0 amide bonds. The van der Waals surface area contributed by atoms with E-state index in [1.165, 1.54) is 18.4 Å². The van der Waals surface area contributed by atoms with E-state index >= 15 is 0 Å².